The van der Waals surface area contributed by atoms with Crippen LogP contribution in [0.4, 0.5) is 0 Å². The standard InChI is InChI=1S/C17H21N5O3S/c1-25-13-4-2-12(3-5-13)16-19-17(21-20-16)26-10-14(23)22-8-6-11(7-9-22)15(18)24/h2-5,11H,6-10H2,1H3,(H2,18,24)(H,19,20,21). The highest BCUT2D eigenvalue weighted by atomic mass is 32.2. The molecule has 0 radical (unpaired) electrons. The first kappa shape index (κ1) is 18.2. The lowest BCUT2D eigenvalue weighted by atomic mass is 9.96. The van der Waals surface area contributed by atoms with E-state index in [4.69, 9.17) is 10.5 Å². The molecule has 0 saturated carbocycles. The van der Waals surface area contributed by atoms with Gasteiger partial charge in [-0.1, -0.05) is 11.8 Å². The van der Waals surface area contributed by atoms with Gasteiger partial charge in [-0.05, 0) is 37.1 Å². The van der Waals surface area contributed by atoms with E-state index in [2.05, 4.69) is 15.2 Å². The number of amides is 2. The summed E-state index contributed by atoms with van der Waals surface area (Å²) in [5.74, 6) is 1.30. The molecule has 1 aromatic carbocycles. The van der Waals surface area contributed by atoms with Gasteiger partial charge in [0.2, 0.25) is 17.0 Å². The maximum Gasteiger partial charge on any atom is 0.233 e. The lowest BCUT2D eigenvalue weighted by Crippen LogP contribution is -2.42. The number of ether oxygens (including phenoxy) is 1. The van der Waals surface area contributed by atoms with Gasteiger partial charge < -0.3 is 15.4 Å². The van der Waals surface area contributed by atoms with Crippen molar-refractivity contribution in [2.45, 2.75) is 18.0 Å². The van der Waals surface area contributed by atoms with Gasteiger partial charge >= 0.3 is 0 Å². The topological polar surface area (TPSA) is 114 Å². The zero-order valence-electron chi connectivity index (χ0n) is 14.5. The summed E-state index contributed by atoms with van der Waals surface area (Å²) in [7, 11) is 1.62. The number of aromatic nitrogens is 3. The van der Waals surface area contributed by atoms with E-state index < -0.39 is 0 Å². The SMILES string of the molecule is COc1ccc(-c2nc(SCC(=O)N3CCC(C(N)=O)CC3)n[nH]2)cc1. The summed E-state index contributed by atoms with van der Waals surface area (Å²) in [5, 5.41) is 7.56. The van der Waals surface area contributed by atoms with Crippen LogP contribution < -0.4 is 10.5 Å². The Kier molecular flexibility index (Phi) is 5.77. The van der Waals surface area contributed by atoms with E-state index in [1.54, 1.807) is 12.0 Å². The number of rotatable bonds is 6. The Hall–Kier alpha value is -2.55. The predicted molar refractivity (Wildman–Crippen MR) is 97.6 cm³/mol. The van der Waals surface area contributed by atoms with Gasteiger partial charge in [-0.3, -0.25) is 14.7 Å². The van der Waals surface area contributed by atoms with Crippen LogP contribution in [-0.2, 0) is 9.59 Å². The van der Waals surface area contributed by atoms with Crippen molar-refractivity contribution in [2.24, 2.45) is 11.7 Å². The molecule has 2 amide bonds. The maximum atomic E-state index is 12.3. The lowest BCUT2D eigenvalue weighted by molar-refractivity contribution is -0.132. The number of methoxy groups -OCH3 is 1. The number of primary amides is 1. The number of benzene rings is 1. The quantitative estimate of drug-likeness (QED) is 0.736. The van der Waals surface area contributed by atoms with Crippen LogP contribution in [0, 0.1) is 5.92 Å². The first-order valence-corrected chi connectivity index (χ1v) is 9.32. The fourth-order valence-electron chi connectivity index (χ4n) is 2.82. The van der Waals surface area contributed by atoms with Gasteiger partial charge in [0.25, 0.3) is 0 Å². The minimum absolute atomic E-state index is 0.0220. The fourth-order valence-corrected chi connectivity index (χ4v) is 3.52. The highest BCUT2D eigenvalue weighted by Gasteiger charge is 2.25. The number of hydrogen-bond donors (Lipinski definition) is 2. The van der Waals surface area contributed by atoms with Gasteiger partial charge in [0.1, 0.15) is 5.75 Å². The molecule has 0 bridgehead atoms. The lowest BCUT2D eigenvalue weighted by Gasteiger charge is -2.30. The molecular weight excluding hydrogens is 354 g/mol. The van der Waals surface area contributed by atoms with Gasteiger partial charge in [0.15, 0.2) is 5.82 Å². The van der Waals surface area contributed by atoms with Gasteiger partial charge in [0, 0.05) is 24.6 Å². The number of H-pyrrole nitrogens is 1. The van der Waals surface area contributed by atoms with Crippen molar-refractivity contribution >= 4 is 23.6 Å². The molecule has 1 aromatic heterocycles. The van der Waals surface area contributed by atoms with E-state index in [0.29, 0.717) is 36.9 Å². The highest BCUT2D eigenvalue weighted by molar-refractivity contribution is 7.99. The third-order valence-corrected chi connectivity index (χ3v) is 5.24. The van der Waals surface area contributed by atoms with Crippen molar-refractivity contribution < 1.29 is 14.3 Å². The van der Waals surface area contributed by atoms with Crippen molar-refractivity contribution in [3.8, 4) is 17.1 Å². The molecule has 1 aliphatic heterocycles. The molecule has 1 fully saturated rings. The molecule has 0 aliphatic carbocycles. The largest absolute Gasteiger partial charge is 0.497 e. The normalized spacial score (nSPS) is 15.0. The number of piperidine rings is 1. The van der Waals surface area contributed by atoms with E-state index in [1.165, 1.54) is 11.8 Å². The van der Waals surface area contributed by atoms with E-state index in [0.717, 1.165) is 11.3 Å². The molecule has 1 aliphatic rings. The average Bonchev–Trinajstić information content (AvgIpc) is 3.15. The molecule has 0 spiro atoms. The van der Waals surface area contributed by atoms with E-state index in [9.17, 15) is 9.59 Å². The van der Waals surface area contributed by atoms with E-state index in [-0.39, 0.29) is 23.5 Å². The van der Waals surface area contributed by atoms with Crippen molar-refractivity contribution in [1.82, 2.24) is 20.1 Å². The average molecular weight is 375 g/mol. The number of nitrogens with one attached hydrogen (secondary N) is 1. The van der Waals surface area contributed by atoms with Crippen LogP contribution in [-0.4, -0.2) is 57.8 Å². The maximum absolute atomic E-state index is 12.3. The molecule has 138 valence electrons. The van der Waals surface area contributed by atoms with Gasteiger partial charge in [-0.2, -0.15) is 0 Å². The third kappa shape index (κ3) is 4.34. The van der Waals surface area contributed by atoms with Gasteiger partial charge in [-0.25, -0.2) is 4.98 Å². The molecule has 9 heteroatoms. The summed E-state index contributed by atoms with van der Waals surface area (Å²) in [5.41, 5.74) is 6.21. The van der Waals surface area contributed by atoms with Crippen LogP contribution in [0.3, 0.4) is 0 Å². The fraction of sp³-hybridized carbons (Fsp3) is 0.412. The van der Waals surface area contributed by atoms with Crippen molar-refractivity contribution in [3.63, 3.8) is 0 Å². The molecule has 2 aromatic rings. The molecule has 1 saturated heterocycles. The Morgan fingerprint density at radius 2 is 2.00 bits per heavy atom. The number of likely N-dealkylation sites (tertiary alicyclic amines) is 1. The zero-order chi connectivity index (χ0) is 18.5. The number of hydrogen-bond acceptors (Lipinski definition) is 6. The van der Waals surface area contributed by atoms with Crippen molar-refractivity contribution in [2.75, 3.05) is 26.0 Å². The molecule has 3 N–H and O–H groups in total. The number of nitrogens with two attached hydrogens (primary N) is 1. The Bertz CT molecular complexity index is 769. The summed E-state index contributed by atoms with van der Waals surface area (Å²) in [6, 6.07) is 7.48. The molecule has 3 rings (SSSR count). The second-order valence-electron chi connectivity index (χ2n) is 6.04. The van der Waals surface area contributed by atoms with Crippen molar-refractivity contribution in [3.05, 3.63) is 24.3 Å². The van der Waals surface area contributed by atoms with Crippen LogP contribution in [0.1, 0.15) is 12.8 Å². The summed E-state index contributed by atoms with van der Waals surface area (Å²) >= 11 is 1.29. The van der Waals surface area contributed by atoms with Gasteiger partial charge in [-0.15, -0.1) is 5.10 Å². The number of carbonyl (C=O) groups excluding carboxylic acids is 2. The molecule has 0 atom stereocenters. The van der Waals surface area contributed by atoms with Crippen LogP contribution in [0.2, 0.25) is 0 Å². The monoisotopic (exact) mass is 375 g/mol. The summed E-state index contributed by atoms with van der Waals surface area (Å²) in [6.07, 6.45) is 1.27. The minimum Gasteiger partial charge on any atom is -0.497 e. The van der Waals surface area contributed by atoms with Crippen LogP contribution in [0.15, 0.2) is 29.4 Å². The zero-order valence-corrected chi connectivity index (χ0v) is 15.3. The Balaban J connectivity index is 1.51. The molecular formula is C17H21N5O3S. The van der Waals surface area contributed by atoms with Crippen molar-refractivity contribution in [1.29, 1.82) is 0 Å². The van der Waals surface area contributed by atoms with E-state index in [1.807, 2.05) is 24.3 Å². The Morgan fingerprint density at radius 3 is 2.62 bits per heavy atom. The Labute approximate surface area is 155 Å². The summed E-state index contributed by atoms with van der Waals surface area (Å²) < 4.78 is 5.13. The third-order valence-electron chi connectivity index (χ3n) is 4.40. The molecule has 8 nitrogen and oxygen atoms in total. The Morgan fingerprint density at radius 1 is 1.31 bits per heavy atom. The second-order valence-corrected chi connectivity index (χ2v) is 6.98. The van der Waals surface area contributed by atoms with E-state index >= 15 is 0 Å². The van der Waals surface area contributed by atoms with Gasteiger partial charge in [0.05, 0.1) is 12.9 Å². The first-order valence-electron chi connectivity index (χ1n) is 8.33. The summed E-state index contributed by atoms with van der Waals surface area (Å²) in [4.78, 5) is 29.7. The summed E-state index contributed by atoms with van der Waals surface area (Å²) in [6.45, 7) is 1.14. The molecule has 2 heterocycles. The smallest absolute Gasteiger partial charge is 0.233 e. The minimum atomic E-state index is -0.279. The van der Waals surface area contributed by atoms with Crippen LogP contribution >= 0.6 is 11.8 Å². The predicted octanol–water partition coefficient (Wildman–Crippen LogP) is 1.30. The molecule has 0 unspecified atom stereocenters. The number of thioether (sulfide) groups is 1. The second kappa shape index (κ2) is 8.22. The van der Waals surface area contributed by atoms with Crippen LogP contribution in [0.5, 0.6) is 5.75 Å². The number of nitrogens with zero attached hydrogens (tertiary/aromatic N) is 3. The number of carbonyl (C=O) groups is 2. The molecule has 26 heavy (non-hydrogen) atoms. The van der Waals surface area contributed by atoms with Crippen LogP contribution in [0.25, 0.3) is 11.4 Å². The number of aromatic amines is 1. The first-order chi connectivity index (χ1) is 12.6. The highest BCUT2D eigenvalue weighted by Crippen LogP contribution is 2.23.